The van der Waals surface area contributed by atoms with Crippen LogP contribution >= 0.6 is 15.9 Å². The fraction of sp³-hybridized carbons (Fsp3) is 0.310. The topological polar surface area (TPSA) is 3.24 Å². The first-order valence-corrected chi connectivity index (χ1v) is 12.2. The number of alkyl halides is 1. The molecule has 3 aromatic rings. The van der Waals surface area contributed by atoms with Gasteiger partial charge in [-0.2, -0.15) is 0 Å². The molecule has 1 aliphatic carbocycles. The van der Waals surface area contributed by atoms with Crippen LogP contribution < -0.4 is 0 Å². The minimum absolute atomic E-state index is 0.522. The van der Waals surface area contributed by atoms with Crippen molar-refractivity contribution in [2.24, 2.45) is 0 Å². The van der Waals surface area contributed by atoms with Gasteiger partial charge < -0.3 is 4.90 Å². The van der Waals surface area contributed by atoms with Gasteiger partial charge in [0.25, 0.3) is 0 Å². The Hall–Kier alpha value is -2.16. The number of hydrogen-bond donors (Lipinski definition) is 0. The molecular weight excluding hydrogens is 442 g/mol. The first kappa shape index (κ1) is 23.5. The Labute approximate surface area is 196 Å². The molecule has 0 aromatic heterocycles. The smallest absolute Gasteiger partial charge is 0.0392 e. The van der Waals surface area contributed by atoms with E-state index in [-0.39, 0.29) is 0 Å². The maximum Gasteiger partial charge on any atom is 0.0392 e. The number of aryl methyl sites for hydroxylation is 2. The molecule has 0 radical (unpaired) electrons. The van der Waals surface area contributed by atoms with E-state index in [0.29, 0.717) is 4.83 Å². The number of hydrogen-bond acceptors (Lipinski definition) is 1. The first-order chi connectivity index (χ1) is 15.1. The van der Waals surface area contributed by atoms with Crippen molar-refractivity contribution in [1.82, 2.24) is 4.90 Å². The molecule has 1 nitrogen and oxygen atoms in total. The second kappa shape index (κ2) is 12.0. The molecule has 0 N–H and O–H groups in total. The van der Waals surface area contributed by atoms with E-state index in [1.807, 2.05) is 6.07 Å². The molecule has 1 atom stereocenters. The number of fused-ring (bicyclic) bond motifs is 2. The highest BCUT2D eigenvalue weighted by Gasteiger charge is 2.16. The zero-order valence-electron chi connectivity index (χ0n) is 19.0. The highest BCUT2D eigenvalue weighted by Crippen LogP contribution is 2.33. The largest absolute Gasteiger partial charge is 0.309 e. The zero-order valence-corrected chi connectivity index (χ0v) is 20.6. The average molecular weight is 477 g/mol. The van der Waals surface area contributed by atoms with Crippen molar-refractivity contribution in [3.63, 3.8) is 0 Å². The van der Waals surface area contributed by atoms with Gasteiger partial charge in [-0.25, -0.2) is 0 Å². The summed E-state index contributed by atoms with van der Waals surface area (Å²) in [4.78, 5) is 2.76. The lowest BCUT2D eigenvalue weighted by atomic mass is 9.93. The lowest BCUT2D eigenvalue weighted by Gasteiger charge is -2.13. The molecule has 0 saturated heterocycles. The van der Waals surface area contributed by atoms with Crippen LogP contribution in [0, 0.1) is 0 Å². The zero-order chi connectivity index (χ0) is 22.1. The molecular formula is C29H34BrN. The normalized spacial score (nSPS) is 13.4. The van der Waals surface area contributed by atoms with E-state index in [0.717, 1.165) is 32.2 Å². The third-order valence-electron chi connectivity index (χ3n) is 5.72. The van der Waals surface area contributed by atoms with Gasteiger partial charge in [-0.15, -0.1) is 0 Å². The summed E-state index contributed by atoms with van der Waals surface area (Å²) in [5.74, 6) is 0. The molecule has 31 heavy (non-hydrogen) atoms. The van der Waals surface area contributed by atoms with Gasteiger partial charge in [-0.1, -0.05) is 108 Å². The van der Waals surface area contributed by atoms with E-state index in [2.05, 4.69) is 121 Å². The van der Waals surface area contributed by atoms with E-state index in [4.69, 9.17) is 0 Å². The molecule has 0 spiro atoms. The van der Waals surface area contributed by atoms with Gasteiger partial charge in [0.1, 0.15) is 0 Å². The third-order valence-corrected chi connectivity index (χ3v) is 6.90. The molecule has 162 valence electrons. The molecule has 0 heterocycles. The van der Waals surface area contributed by atoms with Crippen LogP contribution in [0.5, 0.6) is 0 Å². The number of nitrogens with zero attached hydrogens (tertiary/aromatic N) is 1. The molecule has 4 rings (SSSR count). The van der Waals surface area contributed by atoms with Crippen LogP contribution in [0.1, 0.15) is 52.4 Å². The Morgan fingerprint density at radius 3 is 1.84 bits per heavy atom. The van der Waals surface area contributed by atoms with Gasteiger partial charge in [0.2, 0.25) is 0 Å². The van der Waals surface area contributed by atoms with Crippen molar-refractivity contribution < 1.29 is 0 Å². The lowest BCUT2D eigenvalue weighted by molar-refractivity contribution is 0.417. The third kappa shape index (κ3) is 6.66. The minimum Gasteiger partial charge on any atom is -0.309 e. The highest BCUT2D eigenvalue weighted by molar-refractivity contribution is 9.09. The maximum atomic E-state index is 3.58. The predicted molar refractivity (Wildman–Crippen MR) is 139 cm³/mol. The average Bonchev–Trinajstić information content (AvgIpc) is 2.97. The summed E-state index contributed by atoms with van der Waals surface area (Å²) in [7, 11) is 4.26. The van der Waals surface area contributed by atoms with Crippen LogP contribution in [0.3, 0.4) is 0 Å². The summed E-state index contributed by atoms with van der Waals surface area (Å²) in [6.07, 6.45) is 6.93. The Kier molecular flexibility index (Phi) is 9.12. The first-order valence-electron chi connectivity index (χ1n) is 11.3. The van der Waals surface area contributed by atoms with Gasteiger partial charge in [0, 0.05) is 11.4 Å². The van der Waals surface area contributed by atoms with Gasteiger partial charge in [-0.05, 0) is 73.2 Å². The van der Waals surface area contributed by atoms with Crippen LogP contribution in [0.15, 0.2) is 84.9 Å². The Balaban J connectivity index is 0.000000229. The van der Waals surface area contributed by atoms with Gasteiger partial charge in [0.15, 0.2) is 0 Å². The van der Waals surface area contributed by atoms with Gasteiger partial charge in [-0.3, -0.25) is 0 Å². The van der Waals surface area contributed by atoms with Gasteiger partial charge in [0.05, 0.1) is 0 Å². The number of rotatable bonds is 5. The monoisotopic (exact) mass is 475 g/mol. The number of benzene rings is 3. The molecule has 0 saturated carbocycles. The van der Waals surface area contributed by atoms with Crippen molar-refractivity contribution in [2.75, 3.05) is 20.6 Å². The molecule has 3 aromatic carbocycles. The summed E-state index contributed by atoms with van der Waals surface area (Å²) in [5.41, 5.74) is 8.57. The van der Waals surface area contributed by atoms with Crippen molar-refractivity contribution >= 4 is 21.5 Å². The van der Waals surface area contributed by atoms with Crippen molar-refractivity contribution in [3.05, 3.63) is 113 Å². The highest BCUT2D eigenvalue weighted by atomic mass is 79.9. The summed E-state index contributed by atoms with van der Waals surface area (Å²) in [5, 5.41) is 0. The predicted octanol–water partition coefficient (Wildman–Crippen LogP) is 7.70. The lowest BCUT2D eigenvalue weighted by Crippen LogP contribution is -2.12. The van der Waals surface area contributed by atoms with E-state index in [1.165, 1.54) is 33.4 Å². The van der Waals surface area contributed by atoms with E-state index >= 15 is 0 Å². The van der Waals surface area contributed by atoms with Crippen LogP contribution in [0.2, 0.25) is 0 Å². The Bertz CT molecular complexity index is 925. The Morgan fingerprint density at radius 2 is 1.32 bits per heavy atom. The second-order valence-corrected chi connectivity index (χ2v) is 9.42. The summed E-state index contributed by atoms with van der Waals surface area (Å²) in [6.45, 7) is 3.26. The van der Waals surface area contributed by atoms with Crippen LogP contribution in [-0.4, -0.2) is 25.5 Å². The van der Waals surface area contributed by atoms with Crippen molar-refractivity contribution in [1.29, 1.82) is 0 Å². The van der Waals surface area contributed by atoms with Crippen molar-refractivity contribution in [2.45, 2.75) is 37.4 Å². The minimum atomic E-state index is 0.522. The number of halogens is 1. The van der Waals surface area contributed by atoms with Crippen LogP contribution in [-0.2, 0) is 12.8 Å². The molecule has 0 amide bonds. The molecule has 0 aliphatic heterocycles. The standard InChI is InChI=1S/C20H23N.C9H11Br/c1-21(2)15-7-12-20-18-10-5-3-8-16(18)13-14-17-9-4-6-11-19(17)20;1-2-9(10)8-6-4-3-5-7-8/h3-6,8-12H,7,13-15H2,1-2H3;3-7,9H,2H2,1H3. The quantitative estimate of drug-likeness (QED) is 0.341. The van der Waals surface area contributed by atoms with E-state index in [1.54, 1.807) is 0 Å². The van der Waals surface area contributed by atoms with Crippen molar-refractivity contribution in [3.8, 4) is 0 Å². The van der Waals surface area contributed by atoms with Crippen LogP contribution in [0.4, 0.5) is 0 Å². The summed E-state index contributed by atoms with van der Waals surface area (Å²) < 4.78 is 0. The fourth-order valence-electron chi connectivity index (χ4n) is 4.00. The van der Waals surface area contributed by atoms with E-state index in [9.17, 15) is 0 Å². The molecule has 1 unspecified atom stereocenters. The second-order valence-electron chi connectivity index (χ2n) is 8.31. The summed E-state index contributed by atoms with van der Waals surface area (Å²) >= 11 is 3.58. The van der Waals surface area contributed by atoms with Crippen LogP contribution in [0.25, 0.3) is 5.57 Å². The molecule has 1 aliphatic rings. The SMILES string of the molecule is CCC(Br)c1ccccc1.CN(C)CCC=C1c2ccccc2CCc2ccccc21. The Morgan fingerprint density at radius 1 is 0.806 bits per heavy atom. The summed E-state index contributed by atoms with van der Waals surface area (Å²) in [6, 6.07) is 28.2. The fourth-order valence-corrected chi connectivity index (χ4v) is 4.31. The van der Waals surface area contributed by atoms with Gasteiger partial charge >= 0.3 is 0 Å². The molecule has 0 bridgehead atoms. The maximum absolute atomic E-state index is 3.58. The molecule has 0 fully saturated rings. The molecule has 2 heteroatoms. The van der Waals surface area contributed by atoms with E-state index < -0.39 is 0 Å².